The van der Waals surface area contributed by atoms with Crippen molar-refractivity contribution < 1.29 is 4.79 Å². The Morgan fingerprint density at radius 3 is 2.31 bits per heavy atom. The number of anilines is 3. The van der Waals surface area contributed by atoms with E-state index in [0.29, 0.717) is 37.8 Å². The number of hydrogen-bond acceptors (Lipinski definition) is 6. The van der Waals surface area contributed by atoms with Crippen molar-refractivity contribution >= 4 is 23.4 Å². The van der Waals surface area contributed by atoms with E-state index in [0.717, 1.165) is 28.5 Å². The van der Waals surface area contributed by atoms with Crippen molar-refractivity contribution in [2.75, 3.05) is 36.4 Å². The smallest absolute Gasteiger partial charge is 0.272 e. The summed E-state index contributed by atoms with van der Waals surface area (Å²) in [6, 6.07) is 21.9. The number of amides is 1. The van der Waals surface area contributed by atoms with Crippen LogP contribution in [-0.4, -0.2) is 56.7 Å². The second kappa shape index (κ2) is 9.58. The molecule has 4 aromatic rings. The first-order valence-electron chi connectivity index (χ1n) is 11.8. The van der Waals surface area contributed by atoms with Gasteiger partial charge in [-0.15, -0.1) is 0 Å². The molecule has 0 atom stereocenters. The topological polar surface area (TPSA) is 79.2 Å². The first kappa shape index (κ1) is 22.6. The predicted molar refractivity (Wildman–Crippen MR) is 138 cm³/mol. The van der Waals surface area contributed by atoms with E-state index < -0.39 is 0 Å². The Hall–Kier alpha value is -4.20. The molecule has 3 heterocycles. The van der Waals surface area contributed by atoms with Gasteiger partial charge in [0.05, 0.1) is 5.69 Å². The summed E-state index contributed by atoms with van der Waals surface area (Å²) in [5.41, 5.74) is 5.46. The summed E-state index contributed by atoms with van der Waals surface area (Å²) < 4.78 is 1.67. The minimum absolute atomic E-state index is 0.00225. The Labute approximate surface area is 205 Å². The number of nitrogens with one attached hydrogen (secondary N) is 1. The molecule has 178 valence electrons. The third-order valence-electron chi connectivity index (χ3n) is 6.21. The van der Waals surface area contributed by atoms with E-state index in [4.69, 9.17) is 4.98 Å². The van der Waals surface area contributed by atoms with Crippen molar-refractivity contribution in [3.8, 4) is 11.3 Å². The largest absolute Gasteiger partial charge is 0.353 e. The third-order valence-corrected chi connectivity index (χ3v) is 6.21. The lowest BCUT2D eigenvalue weighted by atomic mass is 10.1. The minimum Gasteiger partial charge on any atom is -0.353 e. The molecule has 2 aromatic heterocycles. The summed E-state index contributed by atoms with van der Waals surface area (Å²) in [5, 5.41) is 7.85. The van der Waals surface area contributed by atoms with Gasteiger partial charge in [-0.25, -0.2) is 4.98 Å². The third kappa shape index (κ3) is 5.01. The van der Waals surface area contributed by atoms with Crippen LogP contribution in [0.25, 0.3) is 11.3 Å². The van der Waals surface area contributed by atoms with Gasteiger partial charge in [0.25, 0.3) is 5.91 Å². The van der Waals surface area contributed by atoms with Gasteiger partial charge in [-0.2, -0.15) is 10.1 Å². The van der Waals surface area contributed by atoms with Crippen LogP contribution in [-0.2, 0) is 7.05 Å². The molecule has 0 aliphatic carbocycles. The Morgan fingerprint density at radius 2 is 1.60 bits per heavy atom. The maximum absolute atomic E-state index is 13.3. The fourth-order valence-electron chi connectivity index (χ4n) is 4.25. The van der Waals surface area contributed by atoms with Crippen LogP contribution in [0.1, 0.15) is 21.7 Å². The monoisotopic (exact) mass is 467 g/mol. The molecule has 2 aromatic carbocycles. The molecule has 1 saturated heterocycles. The van der Waals surface area contributed by atoms with Crippen molar-refractivity contribution in [3.63, 3.8) is 0 Å². The van der Waals surface area contributed by atoms with Crippen LogP contribution >= 0.6 is 0 Å². The van der Waals surface area contributed by atoms with Crippen LogP contribution < -0.4 is 10.2 Å². The summed E-state index contributed by atoms with van der Waals surface area (Å²) in [6.07, 6.45) is 0. The van der Waals surface area contributed by atoms with Gasteiger partial charge >= 0.3 is 0 Å². The Kier molecular flexibility index (Phi) is 6.18. The standard InChI is InChI=1S/C27H29N7O/c1-19-9-11-22(12-10-19)29-27-28-20(2)17-25(30-27)33-13-15-34(16-14-33)26(35)24-18-23(31-32(24)3)21-7-5-4-6-8-21/h4-12,17-18H,13-16H2,1-3H3,(H,28,29,30). The molecule has 1 fully saturated rings. The summed E-state index contributed by atoms with van der Waals surface area (Å²) in [6.45, 7) is 6.68. The Bertz CT molecular complexity index is 1320. The lowest BCUT2D eigenvalue weighted by Crippen LogP contribution is -2.49. The predicted octanol–water partition coefficient (Wildman–Crippen LogP) is 4.20. The second-order valence-electron chi connectivity index (χ2n) is 8.87. The second-order valence-corrected chi connectivity index (χ2v) is 8.87. The zero-order valence-corrected chi connectivity index (χ0v) is 20.3. The maximum Gasteiger partial charge on any atom is 0.272 e. The molecule has 1 aliphatic heterocycles. The van der Waals surface area contributed by atoms with Crippen molar-refractivity contribution in [1.29, 1.82) is 0 Å². The van der Waals surface area contributed by atoms with Crippen LogP contribution in [0.5, 0.6) is 0 Å². The molecule has 0 spiro atoms. The van der Waals surface area contributed by atoms with Crippen molar-refractivity contribution in [1.82, 2.24) is 24.6 Å². The lowest BCUT2D eigenvalue weighted by Gasteiger charge is -2.35. The fraction of sp³-hybridized carbons (Fsp3) is 0.259. The number of rotatable bonds is 5. The number of hydrogen-bond donors (Lipinski definition) is 1. The lowest BCUT2D eigenvalue weighted by molar-refractivity contribution is 0.0735. The molecule has 8 nitrogen and oxygen atoms in total. The number of aryl methyl sites for hydroxylation is 3. The number of benzene rings is 2. The van der Waals surface area contributed by atoms with Crippen molar-refractivity contribution in [2.24, 2.45) is 7.05 Å². The number of carbonyl (C=O) groups is 1. The average molecular weight is 468 g/mol. The highest BCUT2D eigenvalue weighted by Gasteiger charge is 2.26. The molecular formula is C27H29N7O. The minimum atomic E-state index is 0.00225. The first-order chi connectivity index (χ1) is 17.0. The molecular weight excluding hydrogens is 438 g/mol. The van der Waals surface area contributed by atoms with Gasteiger partial charge in [-0.1, -0.05) is 48.0 Å². The molecule has 8 heteroatoms. The van der Waals surface area contributed by atoms with Gasteiger partial charge in [0.2, 0.25) is 5.95 Å². The number of aromatic nitrogens is 4. The van der Waals surface area contributed by atoms with E-state index in [1.807, 2.05) is 73.5 Å². The maximum atomic E-state index is 13.3. The van der Waals surface area contributed by atoms with Crippen LogP contribution in [0.2, 0.25) is 0 Å². The average Bonchev–Trinajstić information content (AvgIpc) is 3.27. The number of piperazine rings is 1. The molecule has 5 rings (SSSR count). The fourth-order valence-corrected chi connectivity index (χ4v) is 4.25. The zero-order chi connectivity index (χ0) is 24.4. The molecule has 1 aliphatic rings. The van der Waals surface area contributed by atoms with Gasteiger partial charge < -0.3 is 15.1 Å². The summed E-state index contributed by atoms with van der Waals surface area (Å²) in [4.78, 5) is 26.6. The van der Waals surface area contributed by atoms with Gasteiger partial charge in [0, 0.05) is 56.2 Å². The van der Waals surface area contributed by atoms with E-state index in [2.05, 4.69) is 39.4 Å². The molecule has 1 amide bonds. The van der Waals surface area contributed by atoms with Crippen LogP contribution in [0.4, 0.5) is 17.5 Å². The quantitative estimate of drug-likeness (QED) is 0.474. The van der Waals surface area contributed by atoms with E-state index >= 15 is 0 Å². The van der Waals surface area contributed by atoms with E-state index in [-0.39, 0.29) is 5.91 Å². The normalized spacial score (nSPS) is 13.7. The molecule has 0 unspecified atom stereocenters. The van der Waals surface area contributed by atoms with Crippen LogP contribution in [0, 0.1) is 13.8 Å². The van der Waals surface area contributed by atoms with Gasteiger partial charge in [-0.05, 0) is 32.0 Å². The van der Waals surface area contributed by atoms with E-state index in [9.17, 15) is 4.79 Å². The molecule has 0 bridgehead atoms. The molecule has 0 saturated carbocycles. The number of carbonyl (C=O) groups excluding carboxylic acids is 1. The van der Waals surface area contributed by atoms with Gasteiger partial charge in [0.1, 0.15) is 11.5 Å². The molecule has 1 N–H and O–H groups in total. The Morgan fingerprint density at radius 1 is 0.886 bits per heavy atom. The van der Waals surface area contributed by atoms with Crippen LogP contribution in [0.3, 0.4) is 0 Å². The van der Waals surface area contributed by atoms with E-state index in [1.54, 1.807) is 4.68 Å². The van der Waals surface area contributed by atoms with Gasteiger partial charge in [-0.3, -0.25) is 9.48 Å². The van der Waals surface area contributed by atoms with Crippen molar-refractivity contribution in [2.45, 2.75) is 13.8 Å². The summed E-state index contributed by atoms with van der Waals surface area (Å²) in [7, 11) is 1.82. The molecule has 35 heavy (non-hydrogen) atoms. The summed E-state index contributed by atoms with van der Waals surface area (Å²) >= 11 is 0. The highest BCUT2D eigenvalue weighted by Crippen LogP contribution is 2.22. The number of nitrogens with zero attached hydrogens (tertiary/aromatic N) is 6. The van der Waals surface area contributed by atoms with Crippen molar-refractivity contribution in [3.05, 3.63) is 83.7 Å². The summed E-state index contributed by atoms with van der Waals surface area (Å²) in [5.74, 6) is 1.44. The Balaban J connectivity index is 1.26. The molecule has 0 radical (unpaired) electrons. The first-order valence-corrected chi connectivity index (χ1v) is 11.8. The highest BCUT2D eigenvalue weighted by molar-refractivity contribution is 5.94. The van der Waals surface area contributed by atoms with Crippen LogP contribution in [0.15, 0.2) is 66.7 Å². The van der Waals surface area contributed by atoms with Gasteiger partial charge in [0.15, 0.2) is 0 Å². The highest BCUT2D eigenvalue weighted by atomic mass is 16.2. The zero-order valence-electron chi connectivity index (χ0n) is 20.3. The SMILES string of the molecule is Cc1ccc(Nc2nc(C)cc(N3CCN(C(=O)c4cc(-c5ccccc5)nn4C)CC3)n2)cc1. The van der Waals surface area contributed by atoms with E-state index in [1.165, 1.54) is 5.56 Å².